The monoisotopic (exact) mass is 387 g/mol. The predicted molar refractivity (Wildman–Crippen MR) is 103 cm³/mol. The molecule has 1 amide bonds. The van der Waals surface area contributed by atoms with Crippen molar-refractivity contribution >= 4 is 12.1 Å². The van der Waals surface area contributed by atoms with Gasteiger partial charge >= 0.3 is 12.1 Å². The number of nitrogens with one attached hydrogen (secondary N) is 1. The molecule has 0 spiro atoms. The molecule has 0 radical (unpaired) electrons. The van der Waals surface area contributed by atoms with Gasteiger partial charge in [-0.2, -0.15) is 0 Å². The number of aliphatic carboxylic acids is 1. The quantitative estimate of drug-likeness (QED) is 0.616. The molecule has 2 N–H and O–H groups in total. The fourth-order valence-electron chi connectivity index (χ4n) is 2.29. The number of benzene rings is 2. The van der Waals surface area contributed by atoms with Crippen LogP contribution >= 0.6 is 0 Å². The van der Waals surface area contributed by atoms with Gasteiger partial charge in [-0.3, -0.25) is 0 Å². The van der Waals surface area contributed by atoms with Crippen molar-refractivity contribution in [3.63, 3.8) is 0 Å². The molecular weight excluding hydrogens is 362 g/mol. The SMILES string of the molecule is CC(COCC(NC(=O)OCc1ccccc1)C(=O)O)OCc1ccccc1. The highest BCUT2D eigenvalue weighted by Gasteiger charge is 2.21. The Bertz CT molecular complexity index is 722. The van der Waals surface area contributed by atoms with Gasteiger partial charge in [0.25, 0.3) is 0 Å². The summed E-state index contributed by atoms with van der Waals surface area (Å²) in [5.41, 5.74) is 1.85. The molecule has 28 heavy (non-hydrogen) atoms. The highest BCUT2D eigenvalue weighted by atomic mass is 16.6. The molecule has 0 bridgehead atoms. The summed E-state index contributed by atoms with van der Waals surface area (Å²) in [4.78, 5) is 23.1. The molecule has 7 nitrogen and oxygen atoms in total. The lowest BCUT2D eigenvalue weighted by molar-refractivity contribution is -0.141. The van der Waals surface area contributed by atoms with Gasteiger partial charge in [0, 0.05) is 0 Å². The second-order valence-corrected chi connectivity index (χ2v) is 6.24. The van der Waals surface area contributed by atoms with Crippen LogP contribution in [0, 0.1) is 0 Å². The smallest absolute Gasteiger partial charge is 0.408 e. The molecule has 2 aromatic rings. The van der Waals surface area contributed by atoms with E-state index in [9.17, 15) is 14.7 Å². The molecule has 0 aliphatic rings. The van der Waals surface area contributed by atoms with E-state index in [2.05, 4.69) is 5.32 Å². The van der Waals surface area contributed by atoms with Gasteiger partial charge in [-0.05, 0) is 18.1 Å². The van der Waals surface area contributed by atoms with E-state index in [4.69, 9.17) is 14.2 Å². The average molecular weight is 387 g/mol. The standard InChI is InChI=1S/C21H25NO6/c1-16(27-13-17-8-4-2-5-9-17)12-26-15-19(20(23)24)22-21(25)28-14-18-10-6-3-7-11-18/h2-11,16,19H,12-15H2,1H3,(H,22,25)(H,23,24). The lowest BCUT2D eigenvalue weighted by Gasteiger charge is -2.17. The number of alkyl carbamates (subject to hydrolysis) is 1. The van der Waals surface area contributed by atoms with Gasteiger partial charge in [0.15, 0.2) is 6.04 Å². The minimum Gasteiger partial charge on any atom is -0.480 e. The highest BCUT2D eigenvalue weighted by Crippen LogP contribution is 2.04. The van der Waals surface area contributed by atoms with Crippen LogP contribution in [0.15, 0.2) is 60.7 Å². The third-order valence-corrected chi connectivity index (χ3v) is 3.82. The second-order valence-electron chi connectivity index (χ2n) is 6.24. The molecule has 0 heterocycles. The van der Waals surface area contributed by atoms with Crippen LogP contribution in [-0.2, 0) is 32.2 Å². The van der Waals surface area contributed by atoms with Crippen molar-refractivity contribution in [3.8, 4) is 0 Å². The van der Waals surface area contributed by atoms with E-state index in [0.717, 1.165) is 11.1 Å². The molecule has 2 atom stereocenters. The molecule has 0 aliphatic carbocycles. The predicted octanol–water partition coefficient (Wildman–Crippen LogP) is 2.99. The highest BCUT2D eigenvalue weighted by molar-refractivity contribution is 5.80. The summed E-state index contributed by atoms with van der Waals surface area (Å²) < 4.78 is 16.1. The molecule has 0 fully saturated rings. The van der Waals surface area contributed by atoms with E-state index < -0.39 is 18.1 Å². The third-order valence-electron chi connectivity index (χ3n) is 3.82. The number of carboxylic acids is 1. The summed E-state index contributed by atoms with van der Waals surface area (Å²) in [6.45, 7) is 2.36. The largest absolute Gasteiger partial charge is 0.480 e. The number of ether oxygens (including phenoxy) is 3. The number of carbonyl (C=O) groups is 2. The van der Waals surface area contributed by atoms with Gasteiger partial charge in [0.2, 0.25) is 0 Å². The lowest BCUT2D eigenvalue weighted by Crippen LogP contribution is -2.44. The Balaban J connectivity index is 1.67. The van der Waals surface area contributed by atoms with Gasteiger partial charge in [-0.15, -0.1) is 0 Å². The van der Waals surface area contributed by atoms with Crippen LogP contribution in [0.5, 0.6) is 0 Å². The number of carbonyl (C=O) groups excluding carboxylic acids is 1. The summed E-state index contributed by atoms with van der Waals surface area (Å²) in [6.07, 6.45) is -1.03. The van der Waals surface area contributed by atoms with Crippen LogP contribution in [0.3, 0.4) is 0 Å². The molecule has 0 saturated heterocycles. The average Bonchev–Trinajstić information content (AvgIpc) is 2.71. The number of hydrogen-bond acceptors (Lipinski definition) is 5. The first-order chi connectivity index (χ1) is 13.5. The van der Waals surface area contributed by atoms with Crippen LogP contribution in [-0.4, -0.2) is 42.5 Å². The molecule has 0 aromatic heterocycles. The Morgan fingerprint density at radius 2 is 1.50 bits per heavy atom. The molecular formula is C21H25NO6. The molecule has 150 valence electrons. The van der Waals surface area contributed by atoms with Gasteiger partial charge in [-0.25, -0.2) is 9.59 Å². The Morgan fingerprint density at radius 1 is 0.929 bits per heavy atom. The zero-order valence-electron chi connectivity index (χ0n) is 15.7. The van der Waals surface area contributed by atoms with Crippen LogP contribution in [0.1, 0.15) is 18.1 Å². The van der Waals surface area contributed by atoms with Gasteiger partial charge in [0.1, 0.15) is 6.61 Å². The van der Waals surface area contributed by atoms with E-state index in [1.54, 1.807) is 0 Å². The number of amides is 1. The minimum absolute atomic E-state index is 0.0598. The molecule has 2 unspecified atom stereocenters. The fraction of sp³-hybridized carbons (Fsp3) is 0.333. The summed E-state index contributed by atoms with van der Waals surface area (Å²) in [5, 5.41) is 11.5. The summed E-state index contributed by atoms with van der Waals surface area (Å²) in [7, 11) is 0. The molecule has 2 rings (SSSR count). The van der Waals surface area contributed by atoms with Crippen molar-refractivity contribution in [2.45, 2.75) is 32.3 Å². The van der Waals surface area contributed by atoms with Crippen molar-refractivity contribution < 1.29 is 28.9 Å². The first kappa shape index (κ1) is 21.4. The minimum atomic E-state index is -1.20. The number of rotatable bonds is 11. The van der Waals surface area contributed by atoms with Crippen molar-refractivity contribution in [1.82, 2.24) is 5.32 Å². The third kappa shape index (κ3) is 8.20. The van der Waals surface area contributed by atoms with E-state index in [1.807, 2.05) is 67.6 Å². The first-order valence-corrected chi connectivity index (χ1v) is 8.98. The van der Waals surface area contributed by atoms with Crippen LogP contribution in [0.4, 0.5) is 4.79 Å². The topological polar surface area (TPSA) is 94.1 Å². The Kier molecular flexibility index (Phi) is 8.97. The Morgan fingerprint density at radius 3 is 2.07 bits per heavy atom. The van der Waals surface area contributed by atoms with Gasteiger partial charge in [0.05, 0.1) is 25.9 Å². The number of hydrogen-bond donors (Lipinski definition) is 2. The summed E-state index contributed by atoms with van der Waals surface area (Å²) >= 11 is 0. The van der Waals surface area contributed by atoms with E-state index in [-0.39, 0.29) is 25.9 Å². The van der Waals surface area contributed by atoms with Crippen molar-refractivity contribution in [2.75, 3.05) is 13.2 Å². The summed E-state index contributed by atoms with van der Waals surface area (Å²) in [6, 6.07) is 17.6. The first-order valence-electron chi connectivity index (χ1n) is 8.98. The maximum Gasteiger partial charge on any atom is 0.408 e. The zero-order chi connectivity index (χ0) is 20.2. The molecule has 0 aliphatic heterocycles. The molecule has 2 aromatic carbocycles. The van der Waals surface area contributed by atoms with Crippen LogP contribution in [0.25, 0.3) is 0 Å². The second kappa shape index (κ2) is 11.7. The molecule has 0 saturated carbocycles. The fourth-order valence-corrected chi connectivity index (χ4v) is 2.29. The van der Waals surface area contributed by atoms with Crippen molar-refractivity contribution in [3.05, 3.63) is 71.8 Å². The van der Waals surface area contributed by atoms with E-state index in [1.165, 1.54) is 0 Å². The van der Waals surface area contributed by atoms with E-state index in [0.29, 0.717) is 6.61 Å². The van der Waals surface area contributed by atoms with Crippen LogP contribution in [0.2, 0.25) is 0 Å². The maximum absolute atomic E-state index is 11.8. The van der Waals surface area contributed by atoms with Crippen LogP contribution < -0.4 is 5.32 Å². The van der Waals surface area contributed by atoms with Gasteiger partial charge < -0.3 is 24.6 Å². The normalized spacial score (nSPS) is 12.8. The maximum atomic E-state index is 11.8. The van der Waals surface area contributed by atoms with Crippen molar-refractivity contribution in [2.24, 2.45) is 0 Å². The van der Waals surface area contributed by atoms with Gasteiger partial charge in [-0.1, -0.05) is 60.7 Å². The Hall–Kier alpha value is -2.90. The lowest BCUT2D eigenvalue weighted by atomic mass is 10.2. The molecule has 7 heteroatoms. The number of carboxylic acid groups (broad SMARTS) is 1. The summed E-state index contributed by atoms with van der Waals surface area (Å²) in [5.74, 6) is -1.20. The Labute approximate surface area is 164 Å². The van der Waals surface area contributed by atoms with E-state index >= 15 is 0 Å². The van der Waals surface area contributed by atoms with Crippen molar-refractivity contribution in [1.29, 1.82) is 0 Å². The zero-order valence-corrected chi connectivity index (χ0v) is 15.7.